The number of benzene rings is 1. The van der Waals surface area contributed by atoms with Crippen LogP contribution in [-0.2, 0) is 0 Å². The molecule has 0 bridgehead atoms. The van der Waals surface area contributed by atoms with Crippen LogP contribution < -0.4 is 5.73 Å². The number of anilines is 1. The van der Waals surface area contributed by atoms with Crippen molar-refractivity contribution in [1.29, 1.82) is 0 Å². The average molecular weight is 226 g/mol. The van der Waals surface area contributed by atoms with Crippen LogP contribution in [0.1, 0.15) is 0 Å². The summed E-state index contributed by atoms with van der Waals surface area (Å²) in [6.45, 7) is 0. The van der Waals surface area contributed by atoms with E-state index in [1.165, 1.54) is 11.3 Å². The van der Waals surface area contributed by atoms with Gasteiger partial charge in [-0.1, -0.05) is 11.6 Å². The molecule has 0 aliphatic carbocycles. The molecule has 0 saturated heterocycles. The van der Waals surface area contributed by atoms with E-state index in [9.17, 15) is 5.11 Å². The monoisotopic (exact) mass is 225 g/mol. The first-order valence-electron chi connectivity index (χ1n) is 4.00. The van der Waals surface area contributed by atoms with E-state index in [1.54, 1.807) is 24.3 Å². The summed E-state index contributed by atoms with van der Waals surface area (Å²) in [6.07, 6.45) is 0. The third-order valence-electron chi connectivity index (χ3n) is 1.90. The number of thiophene rings is 1. The van der Waals surface area contributed by atoms with E-state index in [4.69, 9.17) is 17.3 Å². The molecule has 0 aliphatic rings. The fraction of sp³-hybridized carbons (Fsp3) is 0. The minimum Gasteiger partial charge on any atom is -0.507 e. The Morgan fingerprint density at radius 3 is 2.71 bits per heavy atom. The normalized spacial score (nSPS) is 10.4. The summed E-state index contributed by atoms with van der Waals surface area (Å²) in [5, 5.41) is 11.5. The van der Waals surface area contributed by atoms with Gasteiger partial charge >= 0.3 is 0 Å². The van der Waals surface area contributed by atoms with Crippen LogP contribution in [0.25, 0.3) is 11.1 Å². The molecule has 0 aliphatic heterocycles. The van der Waals surface area contributed by atoms with Gasteiger partial charge in [-0.2, -0.15) is 0 Å². The molecule has 72 valence electrons. The minimum absolute atomic E-state index is 0.216. The zero-order valence-corrected chi connectivity index (χ0v) is 8.77. The first-order valence-corrected chi connectivity index (χ1v) is 5.25. The quantitative estimate of drug-likeness (QED) is 0.578. The molecule has 4 heteroatoms. The van der Waals surface area contributed by atoms with Gasteiger partial charge in [0.05, 0.1) is 4.34 Å². The Labute approximate surface area is 90.6 Å². The number of hydrogen-bond donors (Lipinski definition) is 2. The SMILES string of the molecule is Nc1ccc(O)c(-c2csc(Cl)c2)c1. The van der Waals surface area contributed by atoms with Gasteiger partial charge in [0, 0.05) is 16.6 Å². The third-order valence-corrected chi connectivity index (χ3v) is 2.99. The zero-order chi connectivity index (χ0) is 10.1. The van der Waals surface area contributed by atoms with Crippen molar-refractivity contribution in [3.8, 4) is 16.9 Å². The molecule has 0 amide bonds. The maximum atomic E-state index is 9.60. The van der Waals surface area contributed by atoms with E-state index in [0.29, 0.717) is 15.6 Å². The van der Waals surface area contributed by atoms with Crippen LogP contribution in [-0.4, -0.2) is 5.11 Å². The molecule has 0 unspecified atom stereocenters. The van der Waals surface area contributed by atoms with Gasteiger partial charge in [-0.15, -0.1) is 11.3 Å². The molecule has 0 atom stereocenters. The summed E-state index contributed by atoms with van der Waals surface area (Å²) in [5.74, 6) is 0.216. The van der Waals surface area contributed by atoms with Crippen LogP contribution in [0, 0.1) is 0 Å². The summed E-state index contributed by atoms with van der Waals surface area (Å²) >= 11 is 7.24. The topological polar surface area (TPSA) is 46.2 Å². The number of rotatable bonds is 1. The second-order valence-corrected chi connectivity index (χ2v) is 4.46. The highest BCUT2D eigenvalue weighted by molar-refractivity contribution is 7.14. The lowest BCUT2D eigenvalue weighted by molar-refractivity contribution is 0.477. The molecule has 1 aromatic heterocycles. The van der Waals surface area contributed by atoms with E-state index in [1.807, 2.05) is 5.38 Å². The van der Waals surface area contributed by atoms with Gasteiger partial charge in [0.1, 0.15) is 5.75 Å². The van der Waals surface area contributed by atoms with Gasteiger partial charge in [-0.05, 0) is 29.8 Å². The molecule has 3 N–H and O–H groups in total. The van der Waals surface area contributed by atoms with Crippen molar-refractivity contribution in [2.24, 2.45) is 0 Å². The Balaban J connectivity index is 2.55. The second kappa shape index (κ2) is 3.52. The lowest BCUT2D eigenvalue weighted by Crippen LogP contribution is -1.84. The van der Waals surface area contributed by atoms with Gasteiger partial charge in [0.25, 0.3) is 0 Å². The third kappa shape index (κ3) is 1.69. The minimum atomic E-state index is 0.216. The standard InChI is InChI=1S/C10H8ClNOS/c11-10-3-6(5-14-10)8-4-7(12)1-2-9(8)13/h1-5,13H,12H2. The Bertz CT molecular complexity index is 467. The number of phenolic OH excluding ortho intramolecular Hbond substituents is 1. The summed E-state index contributed by atoms with van der Waals surface area (Å²) in [5.41, 5.74) is 7.87. The molecule has 14 heavy (non-hydrogen) atoms. The van der Waals surface area contributed by atoms with Crippen LogP contribution in [0.15, 0.2) is 29.6 Å². The maximum absolute atomic E-state index is 9.60. The Morgan fingerprint density at radius 1 is 1.29 bits per heavy atom. The van der Waals surface area contributed by atoms with E-state index >= 15 is 0 Å². The van der Waals surface area contributed by atoms with Crippen LogP contribution in [0.4, 0.5) is 5.69 Å². The van der Waals surface area contributed by atoms with Crippen molar-refractivity contribution in [2.75, 3.05) is 5.73 Å². The largest absolute Gasteiger partial charge is 0.507 e. The molecule has 0 fully saturated rings. The van der Waals surface area contributed by atoms with Crippen molar-refractivity contribution >= 4 is 28.6 Å². The molecule has 2 aromatic rings. The summed E-state index contributed by atoms with van der Waals surface area (Å²) in [4.78, 5) is 0. The van der Waals surface area contributed by atoms with Gasteiger partial charge in [0.2, 0.25) is 0 Å². The molecule has 1 heterocycles. The van der Waals surface area contributed by atoms with Gasteiger partial charge in [0.15, 0.2) is 0 Å². The van der Waals surface area contributed by atoms with Crippen LogP contribution >= 0.6 is 22.9 Å². The lowest BCUT2D eigenvalue weighted by Gasteiger charge is -2.02. The molecule has 2 nitrogen and oxygen atoms in total. The van der Waals surface area contributed by atoms with Crippen LogP contribution in [0.5, 0.6) is 5.75 Å². The zero-order valence-electron chi connectivity index (χ0n) is 7.20. The molecule has 2 rings (SSSR count). The van der Waals surface area contributed by atoms with E-state index in [2.05, 4.69) is 0 Å². The van der Waals surface area contributed by atoms with Gasteiger partial charge in [-0.25, -0.2) is 0 Å². The van der Waals surface area contributed by atoms with Crippen molar-refractivity contribution < 1.29 is 5.11 Å². The fourth-order valence-electron chi connectivity index (χ4n) is 1.24. The Hall–Kier alpha value is -1.19. The molecule has 0 spiro atoms. The predicted molar refractivity (Wildman–Crippen MR) is 60.8 cm³/mol. The van der Waals surface area contributed by atoms with Crippen LogP contribution in [0.2, 0.25) is 4.34 Å². The van der Waals surface area contributed by atoms with E-state index < -0.39 is 0 Å². The van der Waals surface area contributed by atoms with Crippen molar-refractivity contribution in [3.05, 3.63) is 34.0 Å². The number of nitrogen functional groups attached to an aromatic ring is 1. The van der Waals surface area contributed by atoms with E-state index in [0.717, 1.165) is 5.56 Å². The fourth-order valence-corrected chi connectivity index (χ4v) is 2.12. The average Bonchev–Trinajstić information content (AvgIpc) is 2.56. The Morgan fingerprint density at radius 2 is 2.07 bits per heavy atom. The van der Waals surface area contributed by atoms with Gasteiger partial charge in [-0.3, -0.25) is 0 Å². The number of hydrogen-bond acceptors (Lipinski definition) is 3. The lowest BCUT2D eigenvalue weighted by atomic mass is 10.1. The first kappa shape index (κ1) is 9.37. The molecular formula is C10H8ClNOS. The maximum Gasteiger partial charge on any atom is 0.123 e. The number of halogens is 1. The highest BCUT2D eigenvalue weighted by atomic mass is 35.5. The number of nitrogens with two attached hydrogens (primary N) is 1. The van der Waals surface area contributed by atoms with Crippen molar-refractivity contribution in [2.45, 2.75) is 0 Å². The van der Waals surface area contributed by atoms with Gasteiger partial charge < -0.3 is 10.8 Å². The first-order chi connectivity index (χ1) is 6.66. The summed E-state index contributed by atoms with van der Waals surface area (Å²) in [6, 6.07) is 6.78. The molecule has 1 aromatic carbocycles. The highest BCUT2D eigenvalue weighted by Crippen LogP contribution is 2.35. The molecule has 0 saturated carbocycles. The Kier molecular flexibility index (Phi) is 2.35. The molecule has 0 radical (unpaired) electrons. The number of aromatic hydroxyl groups is 1. The summed E-state index contributed by atoms with van der Waals surface area (Å²) < 4.78 is 0.696. The van der Waals surface area contributed by atoms with E-state index in [-0.39, 0.29) is 5.75 Å². The van der Waals surface area contributed by atoms with Crippen molar-refractivity contribution in [3.63, 3.8) is 0 Å². The highest BCUT2D eigenvalue weighted by Gasteiger charge is 2.06. The van der Waals surface area contributed by atoms with Crippen LogP contribution in [0.3, 0.4) is 0 Å². The predicted octanol–water partition coefficient (Wildman–Crippen LogP) is 3.36. The van der Waals surface area contributed by atoms with Crippen molar-refractivity contribution in [1.82, 2.24) is 0 Å². The number of phenols is 1. The second-order valence-electron chi connectivity index (χ2n) is 2.92. The smallest absolute Gasteiger partial charge is 0.123 e. The summed E-state index contributed by atoms with van der Waals surface area (Å²) in [7, 11) is 0. The molecular weight excluding hydrogens is 218 g/mol.